The molecule has 0 aromatic heterocycles. The van der Waals surface area contributed by atoms with Crippen LogP contribution in [0.5, 0.6) is 0 Å². The Hall–Kier alpha value is -0.983. The van der Waals surface area contributed by atoms with Crippen LogP contribution in [0.15, 0.2) is 22.7 Å². The number of halogens is 1. The van der Waals surface area contributed by atoms with Gasteiger partial charge in [-0.2, -0.15) is 0 Å². The molecule has 2 amide bonds. The summed E-state index contributed by atoms with van der Waals surface area (Å²) in [6.45, 7) is 11.7. The van der Waals surface area contributed by atoms with E-state index in [0.29, 0.717) is 13.2 Å². The molecular weight excluding hydrogens is 410 g/mol. The lowest BCUT2D eigenvalue weighted by Gasteiger charge is -2.36. The first-order valence-corrected chi connectivity index (χ1v) is 13.0. The van der Waals surface area contributed by atoms with Gasteiger partial charge in [-0.3, -0.25) is 14.5 Å². The second-order valence-electron chi connectivity index (χ2n) is 8.98. The summed E-state index contributed by atoms with van der Waals surface area (Å²) in [6.07, 6.45) is 1.84. The van der Waals surface area contributed by atoms with Crippen LogP contribution >= 0.6 is 15.9 Å². The quantitative estimate of drug-likeness (QED) is 0.517. The van der Waals surface area contributed by atoms with Crippen LogP contribution < -0.4 is 0 Å². The molecule has 1 spiro atoms. The van der Waals surface area contributed by atoms with E-state index in [0.717, 1.165) is 22.9 Å². The highest BCUT2D eigenvalue weighted by Gasteiger charge is 2.55. The maximum Gasteiger partial charge on any atom is 0.240 e. The molecule has 1 unspecified atom stereocenters. The molecule has 1 aliphatic heterocycles. The number of hydrogen-bond donors (Lipinski definition) is 0. The lowest BCUT2D eigenvalue weighted by atomic mass is 9.80. The Morgan fingerprint density at radius 2 is 1.96 bits per heavy atom. The number of fused-ring (bicyclic) bond motifs is 2. The summed E-state index contributed by atoms with van der Waals surface area (Å²) < 4.78 is 7.21. The van der Waals surface area contributed by atoms with E-state index in [9.17, 15) is 9.59 Å². The average Bonchev–Trinajstić information content (AvgIpc) is 3.01. The minimum Gasteiger partial charge on any atom is -0.415 e. The molecule has 26 heavy (non-hydrogen) atoms. The van der Waals surface area contributed by atoms with Gasteiger partial charge in [0.05, 0.1) is 18.6 Å². The van der Waals surface area contributed by atoms with Crippen molar-refractivity contribution < 1.29 is 14.0 Å². The Morgan fingerprint density at radius 3 is 2.62 bits per heavy atom. The fourth-order valence-electron chi connectivity index (χ4n) is 3.78. The topological polar surface area (TPSA) is 46.6 Å². The predicted molar refractivity (Wildman–Crippen MR) is 109 cm³/mol. The van der Waals surface area contributed by atoms with E-state index in [1.54, 1.807) is 0 Å². The van der Waals surface area contributed by atoms with Crippen LogP contribution in [0, 0.1) is 0 Å². The van der Waals surface area contributed by atoms with Gasteiger partial charge in [-0.1, -0.05) is 48.8 Å². The molecule has 142 valence electrons. The van der Waals surface area contributed by atoms with Crippen LogP contribution in [0.1, 0.15) is 44.7 Å². The molecule has 4 nitrogen and oxygen atoms in total. The molecule has 0 bridgehead atoms. The molecule has 1 saturated heterocycles. The van der Waals surface area contributed by atoms with E-state index in [2.05, 4.69) is 49.8 Å². The van der Waals surface area contributed by atoms with Gasteiger partial charge in [-0.25, -0.2) is 0 Å². The number of benzene rings is 1. The molecule has 2 aliphatic rings. The Balaban J connectivity index is 1.75. The third kappa shape index (κ3) is 3.10. The van der Waals surface area contributed by atoms with Gasteiger partial charge in [0.1, 0.15) is 0 Å². The van der Waals surface area contributed by atoms with Crippen molar-refractivity contribution in [1.82, 2.24) is 4.90 Å². The van der Waals surface area contributed by atoms with Gasteiger partial charge in [0.25, 0.3) is 0 Å². The number of amides is 2. The van der Waals surface area contributed by atoms with Crippen LogP contribution in [0.4, 0.5) is 0 Å². The number of imide groups is 1. The van der Waals surface area contributed by atoms with E-state index in [1.807, 2.05) is 18.2 Å². The third-order valence-corrected chi connectivity index (χ3v) is 11.7. The lowest BCUT2D eigenvalue weighted by molar-refractivity contribution is -0.140. The third-order valence-electron chi connectivity index (χ3n) is 6.43. The van der Waals surface area contributed by atoms with Crippen molar-refractivity contribution in [3.05, 3.63) is 33.8 Å². The molecular formula is C20H28BrNO3Si. The SMILES string of the molecule is CC(C)(C)[Si](C)(C)OCCN1C(=O)CC2(CCc3c(Br)cccc32)C1=O. The zero-order valence-corrected chi connectivity index (χ0v) is 18.9. The zero-order chi connectivity index (χ0) is 19.3. The van der Waals surface area contributed by atoms with E-state index in [1.165, 1.54) is 10.5 Å². The van der Waals surface area contributed by atoms with Gasteiger partial charge in [0.15, 0.2) is 8.32 Å². The first kappa shape index (κ1) is 19.8. The Bertz CT molecular complexity index is 756. The lowest BCUT2D eigenvalue weighted by Crippen LogP contribution is -2.44. The number of carbonyl (C=O) groups excluding carboxylic acids is 2. The molecule has 1 fully saturated rings. The maximum absolute atomic E-state index is 13.2. The molecule has 6 heteroatoms. The Morgan fingerprint density at radius 1 is 1.27 bits per heavy atom. The van der Waals surface area contributed by atoms with E-state index >= 15 is 0 Å². The number of nitrogens with zero attached hydrogens (tertiary/aromatic N) is 1. The van der Waals surface area contributed by atoms with Crippen molar-refractivity contribution in [3.63, 3.8) is 0 Å². The Labute approximate surface area is 165 Å². The highest BCUT2D eigenvalue weighted by atomic mass is 79.9. The van der Waals surface area contributed by atoms with E-state index in [-0.39, 0.29) is 23.3 Å². The van der Waals surface area contributed by atoms with Crippen LogP contribution in [-0.4, -0.2) is 38.2 Å². The molecule has 1 aliphatic carbocycles. The molecule has 0 N–H and O–H groups in total. The molecule has 1 heterocycles. The standard InChI is InChI=1S/C20H28BrNO3Si/c1-19(2,3)26(4,5)25-12-11-22-17(23)13-20(18(22)24)10-9-14-15(20)7-6-8-16(14)21/h6-8H,9-13H2,1-5H3. The molecule has 1 atom stereocenters. The second-order valence-corrected chi connectivity index (χ2v) is 14.6. The van der Waals surface area contributed by atoms with Crippen molar-refractivity contribution in [2.45, 2.75) is 63.6 Å². The first-order valence-electron chi connectivity index (χ1n) is 9.26. The monoisotopic (exact) mass is 437 g/mol. The number of rotatable bonds is 4. The van der Waals surface area contributed by atoms with Crippen molar-refractivity contribution in [2.24, 2.45) is 0 Å². The van der Waals surface area contributed by atoms with Crippen molar-refractivity contribution >= 4 is 36.1 Å². The van der Waals surface area contributed by atoms with Crippen molar-refractivity contribution in [3.8, 4) is 0 Å². The number of hydrogen-bond acceptors (Lipinski definition) is 3. The van der Waals surface area contributed by atoms with Crippen LogP contribution in [-0.2, 0) is 25.9 Å². The van der Waals surface area contributed by atoms with Gasteiger partial charge in [0, 0.05) is 10.9 Å². The van der Waals surface area contributed by atoms with Gasteiger partial charge < -0.3 is 4.43 Å². The predicted octanol–water partition coefficient (Wildman–Crippen LogP) is 4.41. The fourth-order valence-corrected chi connectivity index (χ4v) is 5.37. The summed E-state index contributed by atoms with van der Waals surface area (Å²) in [4.78, 5) is 27.3. The van der Waals surface area contributed by atoms with E-state index in [4.69, 9.17) is 4.43 Å². The average molecular weight is 438 g/mol. The Kier molecular flexibility index (Phi) is 4.99. The van der Waals surface area contributed by atoms with Gasteiger partial charge >= 0.3 is 0 Å². The highest BCUT2D eigenvalue weighted by Crippen LogP contribution is 2.48. The largest absolute Gasteiger partial charge is 0.415 e. The minimum absolute atomic E-state index is 0.0434. The number of likely N-dealkylation sites (tertiary alicyclic amines) is 1. The summed E-state index contributed by atoms with van der Waals surface area (Å²) in [5, 5.41) is 0.115. The van der Waals surface area contributed by atoms with Crippen molar-refractivity contribution in [2.75, 3.05) is 13.2 Å². The molecule has 1 aromatic rings. The molecule has 0 radical (unpaired) electrons. The fraction of sp³-hybridized carbons (Fsp3) is 0.600. The summed E-state index contributed by atoms with van der Waals surface area (Å²) in [5.41, 5.74) is 1.54. The first-order chi connectivity index (χ1) is 12.0. The van der Waals surface area contributed by atoms with Crippen LogP contribution in [0.25, 0.3) is 0 Å². The summed E-state index contributed by atoms with van der Waals surface area (Å²) in [5.74, 6) is -0.111. The molecule has 3 rings (SSSR count). The summed E-state index contributed by atoms with van der Waals surface area (Å²) >= 11 is 3.58. The smallest absolute Gasteiger partial charge is 0.240 e. The van der Waals surface area contributed by atoms with Crippen LogP contribution in [0.3, 0.4) is 0 Å². The normalized spacial score (nSPS) is 23.2. The van der Waals surface area contributed by atoms with Gasteiger partial charge in [-0.15, -0.1) is 0 Å². The maximum atomic E-state index is 13.2. The summed E-state index contributed by atoms with van der Waals surface area (Å²) in [6, 6.07) is 5.97. The zero-order valence-electron chi connectivity index (χ0n) is 16.3. The van der Waals surface area contributed by atoms with Crippen LogP contribution in [0.2, 0.25) is 18.1 Å². The molecule has 0 saturated carbocycles. The molecule has 1 aromatic carbocycles. The summed E-state index contributed by atoms with van der Waals surface area (Å²) in [7, 11) is -1.88. The minimum atomic E-state index is -1.88. The number of carbonyl (C=O) groups is 2. The van der Waals surface area contributed by atoms with Gasteiger partial charge in [0.2, 0.25) is 11.8 Å². The second kappa shape index (κ2) is 6.57. The van der Waals surface area contributed by atoms with E-state index < -0.39 is 13.7 Å². The van der Waals surface area contributed by atoms with Gasteiger partial charge in [-0.05, 0) is 48.2 Å². The highest BCUT2D eigenvalue weighted by molar-refractivity contribution is 9.10. The van der Waals surface area contributed by atoms with Crippen molar-refractivity contribution in [1.29, 1.82) is 0 Å².